The van der Waals surface area contributed by atoms with Crippen LogP contribution in [0.5, 0.6) is 0 Å². The SMILES string of the molecule is CC1(C)CC=CCO1. The lowest BCUT2D eigenvalue weighted by atomic mass is 10.0. The highest BCUT2D eigenvalue weighted by atomic mass is 16.5. The highest BCUT2D eigenvalue weighted by Crippen LogP contribution is 2.17. The van der Waals surface area contributed by atoms with E-state index in [1.807, 2.05) is 0 Å². The average molecular weight is 112 g/mol. The predicted molar refractivity (Wildman–Crippen MR) is 33.8 cm³/mol. The highest BCUT2D eigenvalue weighted by Gasteiger charge is 2.17. The van der Waals surface area contributed by atoms with Gasteiger partial charge in [-0.3, -0.25) is 0 Å². The Kier molecular flexibility index (Phi) is 1.39. The van der Waals surface area contributed by atoms with Gasteiger partial charge in [0.15, 0.2) is 0 Å². The second-order valence-electron chi connectivity index (χ2n) is 2.75. The van der Waals surface area contributed by atoms with Crippen LogP contribution < -0.4 is 0 Å². The van der Waals surface area contributed by atoms with E-state index >= 15 is 0 Å². The van der Waals surface area contributed by atoms with E-state index in [2.05, 4.69) is 26.0 Å². The summed E-state index contributed by atoms with van der Waals surface area (Å²) >= 11 is 0. The fourth-order valence-corrected chi connectivity index (χ4v) is 0.768. The first-order chi connectivity index (χ1) is 3.71. The molecule has 0 spiro atoms. The molecule has 1 aliphatic rings. The lowest BCUT2D eigenvalue weighted by Gasteiger charge is -2.25. The van der Waals surface area contributed by atoms with E-state index in [9.17, 15) is 0 Å². The zero-order valence-electron chi connectivity index (χ0n) is 5.48. The molecule has 0 radical (unpaired) electrons. The van der Waals surface area contributed by atoms with E-state index in [-0.39, 0.29) is 5.60 Å². The Balaban J connectivity index is 2.50. The number of ether oxygens (including phenoxy) is 1. The van der Waals surface area contributed by atoms with Crippen molar-refractivity contribution in [2.75, 3.05) is 6.61 Å². The second kappa shape index (κ2) is 1.90. The molecule has 0 aromatic rings. The van der Waals surface area contributed by atoms with Gasteiger partial charge in [-0.2, -0.15) is 0 Å². The number of rotatable bonds is 0. The lowest BCUT2D eigenvalue weighted by Crippen LogP contribution is -2.25. The molecule has 8 heavy (non-hydrogen) atoms. The minimum absolute atomic E-state index is 0.0920. The van der Waals surface area contributed by atoms with Crippen molar-refractivity contribution in [3.05, 3.63) is 12.2 Å². The summed E-state index contributed by atoms with van der Waals surface area (Å²) in [5.74, 6) is 0. The Labute approximate surface area is 50.3 Å². The molecule has 0 aromatic heterocycles. The largest absolute Gasteiger partial charge is 0.371 e. The molecular weight excluding hydrogens is 100 g/mol. The quantitative estimate of drug-likeness (QED) is 0.434. The molecule has 46 valence electrons. The van der Waals surface area contributed by atoms with Crippen LogP contribution in [0.25, 0.3) is 0 Å². The third kappa shape index (κ3) is 1.34. The molecular formula is C7H12O. The minimum Gasteiger partial charge on any atom is -0.371 e. The smallest absolute Gasteiger partial charge is 0.0665 e. The summed E-state index contributed by atoms with van der Waals surface area (Å²) in [5.41, 5.74) is 0.0920. The van der Waals surface area contributed by atoms with Gasteiger partial charge < -0.3 is 4.74 Å². The van der Waals surface area contributed by atoms with Gasteiger partial charge in [0, 0.05) is 0 Å². The summed E-state index contributed by atoms with van der Waals surface area (Å²) in [7, 11) is 0. The van der Waals surface area contributed by atoms with E-state index in [1.54, 1.807) is 0 Å². The second-order valence-corrected chi connectivity index (χ2v) is 2.75. The molecule has 0 fully saturated rings. The summed E-state index contributed by atoms with van der Waals surface area (Å²) in [6.45, 7) is 5.00. The molecule has 1 heterocycles. The van der Waals surface area contributed by atoms with Crippen molar-refractivity contribution in [1.29, 1.82) is 0 Å². The molecule has 1 nitrogen and oxygen atoms in total. The summed E-state index contributed by atoms with van der Waals surface area (Å²) < 4.78 is 5.38. The van der Waals surface area contributed by atoms with E-state index in [0.717, 1.165) is 13.0 Å². The standard InChI is InChI=1S/C7H12O/c1-7(2)5-3-4-6-8-7/h3-4H,5-6H2,1-2H3. The van der Waals surface area contributed by atoms with Crippen LogP contribution in [0.1, 0.15) is 20.3 Å². The van der Waals surface area contributed by atoms with Crippen LogP contribution in [0.2, 0.25) is 0 Å². The molecule has 1 heteroatoms. The first-order valence-electron chi connectivity index (χ1n) is 3.00. The van der Waals surface area contributed by atoms with Gasteiger partial charge >= 0.3 is 0 Å². The Bertz CT molecular complexity index is 103. The summed E-state index contributed by atoms with van der Waals surface area (Å²) in [6.07, 6.45) is 5.28. The molecule has 0 aliphatic carbocycles. The van der Waals surface area contributed by atoms with Gasteiger partial charge in [0.1, 0.15) is 0 Å². The molecule has 0 amide bonds. The molecule has 0 aromatic carbocycles. The van der Waals surface area contributed by atoms with E-state index in [0.29, 0.717) is 0 Å². The van der Waals surface area contributed by atoms with Crippen molar-refractivity contribution in [1.82, 2.24) is 0 Å². The summed E-state index contributed by atoms with van der Waals surface area (Å²) in [6, 6.07) is 0. The van der Waals surface area contributed by atoms with Gasteiger partial charge in [-0.05, 0) is 20.3 Å². The van der Waals surface area contributed by atoms with E-state index in [1.165, 1.54) is 0 Å². The third-order valence-electron chi connectivity index (χ3n) is 1.35. The molecule has 1 rings (SSSR count). The van der Waals surface area contributed by atoms with Gasteiger partial charge in [-0.15, -0.1) is 0 Å². The minimum atomic E-state index is 0.0920. The van der Waals surface area contributed by atoms with Gasteiger partial charge in [0.05, 0.1) is 12.2 Å². The van der Waals surface area contributed by atoms with Crippen LogP contribution in [0.3, 0.4) is 0 Å². The fourth-order valence-electron chi connectivity index (χ4n) is 0.768. The Morgan fingerprint density at radius 1 is 1.38 bits per heavy atom. The van der Waals surface area contributed by atoms with Crippen LogP contribution in [0.15, 0.2) is 12.2 Å². The lowest BCUT2D eigenvalue weighted by molar-refractivity contribution is -0.00598. The first kappa shape index (κ1) is 5.83. The average Bonchev–Trinajstić information content (AvgIpc) is 1.65. The van der Waals surface area contributed by atoms with Gasteiger partial charge in [-0.25, -0.2) is 0 Å². The zero-order chi connectivity index (χ0) is 6.04. The van der Waals surface area contributed by atoms with Crippen LogP contribution in [0.4, 0.5) is 0 Å². The van der Waals surface area contributed by atoms with Crippen molar-refractivity contribution < 1.29 is 4.74 Å². The van der Waals surface area contributed by atoms with Crippen LogP contribution in [-0.2, 0) is 4.74 Å². The van der Waals surface area contributed by atoms with Crippen LogP contribution in [-0.4, -0.2) is 12.2 Å². The van der Waals surface area contributed by atoms with Crippen molar-refractivity contribution in [2.24, 2.45) is 0 Å². The maximum Gasteiger partial charge on any atom is 0.0665 e. The monoisotopic (exact) mass is 112 g/mol. The van der Waals surface area contributed by atoms with Gasteiger partial charge in [0.25, 0.3) is 0 Å². The fraction of sp³-hybridized carbons (Fsp3) is 0.714. The topological polar surface area (TPSA) is 9.23 Å². The third-order valence-corrected chi connectivity index (χ3v) is 1.35. The molecule has 0 saturated heterocycles. The van der Waals surface area contributed by atoms with Crippen molar-refractivity contribution in [2.45, 2.75) is 25.9 Å². The van der Waals surface area contributed by atoms with Crippen molar-refractivity contribution in [3.8, 4) is 0 Å². The molecule has 0 bridgehead atoms. The Morgan fingerprint density at radius 3 is 2.38 bits per heavy atom. The number of hydrogen-bond acceptors (Lipinski definition) is 1. The molecule has 0 saturated carbocycles. The Hall–Kier alpha value is -0.300. The van der Waals surface area contributed by atoms with Crippen molar-refractivity contribution in [3.63, 3.8) is 0 Å². The van der Waals surface area contributed by atoms with Crippen molar-refractivity contribution >= 4 is 0 Å². The molecule has 0 unspecified atom stereocenters. The molecule has 0 atom stereocenters. The van der Waals surface area contributed by atoms with E-state index in [4.69, 9.17) is 4.74 Å². The maximum atomic E-state index is 5.38. The van der Waals surface area contributed by atoms with Gasteiger partial charge in [0.2, 0.25) is 0 Å². The predicted octanol–water partition coefficient (Wildman–Crippen LogP) is 1.74. The Morgan fingerprint density at radius 2 is 2.12 bits per heavy atom. The maximum absolute atomic E-state index is 5.38. The highest BCUT2D eigenvalue weighted by molar-refractivity contribution is 4.93. The first-order valence-corrected chi connectivity index (χ1v) is 3.00. The van der Waals surface area contributed by atoms with E-state index < -0.39 is 0 Å². The normalized spacial score (nSPS) is 25.8. The number of hydrogen-bond donors (Lipinski definition) is 0. The van der Waals surface area contributed by atoms with Crippen LogP contribution in [0, 0.1) is 0 Å². The molecule has 1 aliphatic heterocycles. The zero-order valence-corrected chi connectivity index (χ0v) is 5.48. The molecule has 0 N–H and O–H groups in total. The summed E-state index contributed by atoms with van der Waals surface area (Å²) in [4.78, 5) is 0. The van der Waals surface area contributed by atoms with Gasteiger partial charge in [-0.1, -0.05) is 12.2 Å². The summed E-state index contributed by atoms with van der Waals surface area (Å²) in [5, 5.41) is 0. The van der Waals surface area contributed by atoms with Crippen LogP contribution >= 0.6 is 0 Å².